The third kappa shape index (κ3) is 11.2. The molecule has 6 N–H and O–H groups in total. The largest absolute Gasteiger partial charge is 0.497 e. The van der Waals surface area contributed by atoms with E-state index in [1.54, 1.807) is 14.0 Å². The van der Waals surface area contributed by atoms with Gasteiger partial charge in [0, 0.05) is 53.3 Å². The molecular formula is C26H40N4O2. The lowest BCUT2D eigenvalue weighted by atomic mass is 9.94. The standard InChI is InChI=1S/C19H26N2O2.C7H14N2/c1-5-7-16(13-22)14(2)8-6-11-21-19-12-17(23-4)9-10-18(19)15(3)20;1-3-6(8)5-7(9)4-2/h5-10,12-14,16,20-21H,11H2,1-4H3;3-4H,5,8-9H2,1-2H3/b7-5-,8-6+,20-15?;6-3+,7-4+. The summed E-state index contributed by atoms with van der Waals surface area (Å²) in [4.78, 5) is 11.0. The summed E-state index contributed by atoms with van der Waals surface area (Å²) < 4.78 is 5.23. The van der Waals surface area contributed by atoms with Crippen LogP contribution in [0.2, 0.25) is 0 Å². The van der Waals surface area contributed by atoms with E-state index in [9.17, 15) is 4.79 Å². The van der Waals surface area contributed by atoms with Crippen molar-refractivity contribution < 1.29 is 9.53 Å². The highest BCUT2D eigenvalue weighted by Gasteiger charge is 2.09. The zero-order chi connectivity index (χ0) is 24.5. The first kappa shape index (κ1) is 28.7. The van der Waals surface area contributed by atoms with Gasteiger partial charge in [-0.3, -0.25) is 0 Å². The molecule has 0 aromatic heterocycles. The normalized spacial score (nSPS) is 13.9. The molecule has 0 radical (unpaired) electrons. The third-order valence-electron chi connectivity index (χ3n) is 4.81. The Bertz CT molecular complexity index is 822. The van der Waals surface area contributed by atoms with Crippen molar-refractivity contribution in [3.63, 3.8) is 0 Å². The van der Waals surface area contributed by atoms with Crippen molar-refractivity contribution in [2.75, 3.05) is 19.0 Å². The molecule has 32 heavy (non-hydrogen) atoms. The maximum atomic E-state index is 11.0. The minimum absolute atomic E-state index is 0.0903. The van der Waals surface area contributed by atoms with Gasteiger partial charge in [0.25, 0.3) is 0 Å². The fourth-order valence-electron chi connectivity index (χ4n) is 2.71. The van der Waals surface area contributed by atoms with Crippen molar-refractivity contribution >= 4 is 17.7 Å². The van der Waals surface area contributed by atoms with E-state index in [2.05, 4.69) is 5.32 Å². The Morgan fingerprint density at radius 2 is 1.78 bits per heavy atom. The van der Waals surface area contributed by atoms with Gasteiger partial charge in [-0.2, -0.15) is 0 Å². The van der Waals surface area contributed by atoms with Crippen LogP contribution in [0.5, 0.6) is 5.75 Å². The molecule has 0 saturated carbocycles. The lowest BCUT2D eigenvalue weighted by Crippen LogP contribution is -2.09. The van der Waals surface area contributed by atoms with Gasteiger partial charge < -0.3 is 31.7 Å². The molecule has 0 aliphatic rings. The Hall–Kier alpha value is -3.28. The van der Waals surface area contributed by atoms with Crippen molar-refractivity contribution in [3.8, 4) is 5.75 Å². The fraction of sp³-hybridized carbons (Fsp3) is 0.385. The summed E-state index contributed by atoms with van der Waals surface area (Å²) in [6, 6.07) is 5.62. The van der Waals surface area contributed by atoms with Crippen LogP contribution in [0.1, 0.15) is 46.6 Å². The highest BCUT2D eigenvalue weighted by Crippen LogP contribution is 2.23. The molecule has 0 aliphatic heterocycles. The van der Waals surface area contributed by atoms with Gasteiger partial charge in [0.2, 0.25) is 0 Å². The fourth-order valence-corrected chi connectivity index (χ4v) is 2.71. The number of methoxy groups -OCH3 is 1. The number of ether oxygens (including phenoxy) is 1. The number of carbonyl (C=O) groups excluding carboxylic acids is 1. The van der Waals surface area contributed by atoms with E-state index < -0.39 is 0 Å². The maximum absolute atomic E-state index is 11.0. The first-order chi connectivity index (χ1) is 15.2. The van der Waals surface area contributed by atoms with Gasteiger partial charge in [0.05, 0.1) is 7.11 Å². The Kier molecular flexibility index (Phi) is 14.7. The monoisotopic (exact) mass is 440 g/mol. The molecule has 1 aromatic rings. The predicted molar refractivity (Wildman–Crippen MR) is 137 cm³/mol. The summed E-state index contributed by atoms with van der Waals surface area (Å²) in [7, 11) is 1.62. The van der Waals surface area contributed by atoms with Gasteiger partial charge in [-0.1, -0.05) is 43.4 Å². The Morgan fingerprint density at radius 1 is 1.16 bits per heavy atom. The smallest absolute Gasteiger partial charge is 0.127 e. The summed E-state index contributed by atoms with van der Waals surface area (Å²) in [5.41, 5.74) is 14.9. The van der Waals surface area contributed by atoms with Crippen LogP contribution in [0.4, 0.5) is 5.69 Å². The van der Waals surface area contributed by atoms with Crippen LogP contribution in [-0.2, 0) is 4.79 Å². The highest BCUT2D eigenvalue weighted by molar-refractivity contribution is 6.01. The average Bonchev–Trinajstić information content (AvgIpc) is 2.79. The molecule has 6 nitrogen and oxygen atoms in total. The van der Waals surface area contributed by atoms with E-state index in [0.717, 1.165) is 34.7 Å². The van der Waals surface area contributed by atoms with Crippen LogP contribution < -0.4 is 21.5 Å². The minimum Gasteiger partial charge on any atom is -0.497 e. The molecule has 0 heterocycles. The van der Waals surface area contributed by atoms with Crippen LogP contribution in [-0.4, -0.2) is 25.7 Å². The summed E-state index contributed by atoms with van der Waals surface area (Å²) in [5, 5.41) is 11.1. The molecule has 0 fully saturated rings. The second-order valence-electron chi connectivity index (χ2n) is 7.35. The van der Waals surface area contributed by atoms with Crippen LogP contribution >= 0.6 is 0 Å². The number of hydrogen-bond donors (Lipinski definition) is 4. The second kappa shape index (κ2) is 16.4. The van der Waals surface area contributed by atoms with Crippen LogP contribution in [0.3, 0.4) is 0 Å². The number of allylic oxidation sites excluding steroid dienone is 5. The van der Waals surface area contributed by atoms with E-state index in [-0.39, 0.29) is 11.8 Å². The minimum atomic E-state index is -0.0903. The van der Waals surface area contributed by atoms with Gasteiger partial charge in [-0.05, 0) is 45.7 Å². The summed E-state index contributed by atoms with van der Waals surface area (Å²) in [5.74, 6) is 0.816. The molecule has 0 saturated heterocycles. The number of hydrogen-bond acceptors (Lipinski definition) is 6. The molecule has 0 spiro atoms. The van der Waals surface area contributed by atoms with Crippen molar-refractivity contribution in [1.29, 1.82) is 5.41 Å². The SMILES string of the molecule is C/C=C(/N)C/C(N)=C\C.C/C=C\C(C=O)C(C)/C=C/CNc1cc(OC)ccc1C(C)=N. The van der Waals surface area contributed by atoms with Crippen LogP contribution in [0, 0.1) is 17.2 Å². The van der Waals surface area contributed by atoms with Crippen molar-refractivity contribution in [1.82, 2.24) is 0 Å². The lowest BCUT2D eigenvalue weighted by molar-refractivity contribution is -0.110. The summed E-state index contributed by atoms with van der Waals surface area (Å²) >= 11 is 0. The number of aldehydes is 1. The van der Waals surface area contributed by atoms with E-state index in [0.29, 0.717) is 18.7 Å². The Morgan fingerprint density at radius 3 is 2.25 bits per heavy atom. The van der Waals surface area contributed by atoms with Crippen molar-refractivity contribution in [2.24, 2.45) is 23.3 Å². The van der Waals surface area contributed by atoms with E-state index in [1.165, 1.54) is 0 Å². The molecule has 2 atom stereocenters. The van der Waals surface area contributed by atoms with Crippen LogP contribution in [0.15, 0.2) is 66.0 Å². The number of anilines is 1. The van der Waals surface area contributed by atoms with Crippen LogP contribution in [0.25, 0.3) is 0 Å². The molecule has 0 bridgehead atoms. The van der Waals surface area contributed by atoms with Crippen molar-refractivity contribution in [2.45, 2.75) is 41.0 Å². The number of nitrogens with one attached hydrogen (secondary N) is 2. The van der Waals surface area contributed by atoms with Gasteiger partial charge >= 0.3 is 0 Å². The first-order valence-electron chi connectivity index (χ1n) is 10.8. The number of rotatable bonds is 11. The van der Waals surface area contributed by atoms with Gasteiger partial charge in [-0.25, -0.2) is 0 Å². The number of nitrogens with two attached hydrogens (primary N) is 2. The third-order valence-corrected chi connectivity index (χ3v) is 4.81. The van der Waals surface area contributed by atoms with Gasteiger partial charge in [0.1, 0.15) is 12.0 Å². The quantitative estimate of drug-likeness (QED) is 0.215. The van der Waals surface area contributed by atoms with Crippen molar-refractivity contribution in [3.05, 3.63) is 71.6 Å². The Balaban J connectivity index is 0.000000900. The average molecular weight is 441 g/mol. The lowest BCUT2D eigenvalue weighted by Gasteiger charge is -2.13. The maximum Gasteiger partial charge on any atom is 0.127 e. The second-order valence-corrected chi connectivity index (χ2v) is 7.35. The number of carbonyl (C=O) groups is 1. The molecule has 0 aliphatic carbocycles. The Labute approximate surface area is 193 Å². The molecular weight excluding hydrogens is 400 g/mol. The molecule has 6 heteroatoms. The van der Waals surface area contributed by atoms with E-state index in [1.807, 2.05) is 82.4 Å². The summed E-state index contributed by atoms with van der Waals surface area (Å²) in [6.07, 6.45) is 13.2. The number of benzene rings is 1. The molecule has 1 aromatic carbocycles. The molecule has 0 amide bonds. The zero-order valence-corrected chi connectivity index (χ0v) is 20.3. The van der Waals surface area contributed by atoms with Gasteiger partial charge in [-0.15, -0.1) is 0 Å². The molecule has 1 rings (SSSR count). The zero-order valence-electron chi connectivity index (χ0n) is 20.3. The molecule has 176 valence electrons. The van der Waals surface area contributed by atoms with Gasteiger partial charge in [0.15, 0.2) is 0 Å². The topological polar surface area (TPSA) is 114 Å². The molecule has 2 unspecified atom stereocenters. The van der Waals surface area contributed by atoms with E-state index >= 15 is 0 Å². The highest BCUT2D eigenvalue weighted by atomic mass is 16.5. The first-order valence-corrected chi connectivity index (χ1v) is 10.8. The van der Waals surface area contributed by atoms with E-state index in [4.69, 9.17) is 21.6 Å². The predicted octanol–water partition coefficient (Wildman–Crippen LogP) is 5.18. The summed E-state index contributed by atoms with van der Waals surface area (Å²) in [6.45, 7) is 10.1.